The Balaban J connectivity index is 2.10. The lowest BCUT2D eigenvalue weighted by Crippen LogP contribution is -2.53. The lowest BCUT2D eigenvalue weighted by Gasteiger charge is -2.46. The van der Waals surface area contributed by atoms with Crippen LogP contribution in [-0.4, -0.2) is 23.7 Å². The van der Waals surface area contributed by atoms with E-state index in [0.29, 0.717) is 17.7 Å². The summed E-state index contributed by atoms with van der Waals surface area (Å²) in [5.41, 5.74) is 13.6. The van der Waals surface area contributed by atoms with Crippen LogP contribution < -0.4 is 11.5 Å². The van der Waals surface area contributed by atoms with Crippen LogP contribution in [0.15, 0.2) is 18.3 Å². The van der Waals surface area contributed by atoms with E-state index in [1.807, 2.05) is 12.1 Å². The van der Waals surface area contributed by atoms with Gasteiger partial charge in [-0.2, -0.15) is 0 Å². The number of hydrogen-bond donors (Lipinski definition) is 2. The van der Waals surface area contributed by atoms with Crippen LogP contribution in [0.5, 0.6) is 0 Å². The molecule has 4 heteroatoms. The van der Waals surface area contributed by atoms with Crippen LogP contribution in [0, 0.1) is 5.41 Å². The maximum absolute atomic E-state index is 6.48. The van der Waals surface area contributed by atoms with Crippen molar-refractivity contribution in [2.75, 3.05) is 12.8 Å². The van der Waals surface area contributed by atoms with Crippen molar-refractivity contribution in [1.29, 1.82) is 0 Å². The van der Waals surface area contributed by atoms with Crippen LogP contribution in [0.1, 0.15) is 45.1 Å². The summed E-state index contributed by atoms with van der Waals surface area (Å²) in [6.07, 6.45) is 6.75. The van der Waals surface area contributed by atoms with Crippen molar-refractivity contribution in [2.45, 2.75) is 57.6 Å². The smallest absolute Gasteiger partial charge is 0.126 e. The molecule has 1 unspecified atom stereocenters. The Kier molecular flexibility index (Phi) is 4.35. The fourth-order valence-electron chi connectivity index (χ4n) is 3.12. The number of pyridine rings is 1. The Hall–Kier alpha value is -1.13. The van der Waals surface area contributed by atoms with Crippen molar-refractivity contribution in [3.8, 4) is 0 Å². The van der Waals surface area contributed by atoms with Crippen LogP contribution >= 0.6 is 0 Å². The molecular formula is C16H27N3O. The Bertz CT molecular complexity index is 449. The number of nitrogens with zero attached hydrogens (tertiary/aromatic N) is 1. The van der Waals surface area contributed by atoms with Crippen LogP contribution in [0.2, 0.25) is 0 Å². The van der Waals surface area contributed by atoms with E-state index in [2.05, 4.69) is 18.8 Å². The second kappa shape index (κ2) is 5.70. The average molecular weight is 277 g/mol. The summed E-state index contributed by atoms with van der Waals surface area (Å²) in [5, 5.41) is 0. The van der Waals surface area contributed by atoms with Crippen LogP contribution in [-0.2, 0) is 11.2 Å². The van der Waals surface area contributed by atoms with E-state index in [1.165, 1.54) is 0 Å². The van der Waals surface area contributed by atoms with Gasteiger partial charge in [0, 0.05) is 19.3 Å². The van der Waals surface area contributed by atoms with E-state index in [9.17, 15) is 0 Å². The molecule has 0 amide bonds. The highest BCUT2D eigenvalue weighted by molar-refractivity contribution is 5.39. The number of ether oxygens (including phenoxy) is 1. The molecule has 4 N–H and O–H groups in total. The number of methoxy groups -OCH3 is 1. The van der Waals surface area contributed by atoms with Crippen molar-refractivity contribution >= 4 is 5.82 Å². The van der Waals surface area contributed by atoms with Crippen molar-refractivity contribution in [3.63, 3.8) is 0 Å². The van der Waals surface area contributed by atoms with Crippen molar-refractivity contribution < 1.29 is 4.74 Å². The fourth-order valence-corrected chi connectivity index (χ4v) is 3.12. The van der Waals surface area contributed by atoms with E-state index < -0.39 is 0 Å². The second-order valence-electron chi connectivity index (χ2n) is 6.79. The number of nitrogen functional groups attached to an aromatic ring is 1. The molecule has 0 bridgehead atoms. The van der Waals surface area contributed by atoms with Crippen LogP contribution in [0.3, 0.4) is 0 Å². The van der Waals surface area contributed by atoms with Crippen LogP contribution in [0.25, 0.3) is 0 Å². The first kappa shape index (κ1) is 15.3. The van der Waals surface area contributed by atoms with Crippen molar-refractivity contribution in [3.05, 3.63) is 23.9 Å². The minimum Gasteiger partial charge on any atom is -0.383 e. The van der Waals surface area contributed by atoms with Crippen molar-refractivity contribution in [1.82, 2.24) is 4.98 Å². The first-order valence-electron chi connectivity index (χ1n) is 7.39. The van der Waals surface area contributed by atoms with Gasteiger partial charge in [0.2, 0.25) is 0 Å². The highest BCUT2D eigenvalue weighted by atomic mass is 16.5. The van der Waals surface area contributed by atoms with E-state index in [0.717, 1.165) is 31.2 Å². The number of rotatable bonds is 4. The van der Waals surface area contributed by atoms with Gasteiger partial charge in [0.1, 0.15) is 5.82 Å². The van der Waals surface area contributed by atoms with Gasteiger partial charge in [0.15, 0.2) is 0 Å². The lowest BCUT2D eigenvalue weighted by atomic mass is 9.68. The fraction of sp³-hybridized carbons (Fsp3) is 0.688. The summed E-state index contributed by atoms with van der Waals surface area (Å²) in [6, 6.07) is 3.86. The monoisotopic (exact) mass is 277 g/mol. The zero-order valence-corrected chi connectivity index (χ0v) is 12.9. The summed E-state index contributed by atoms with van der Waals surface area (Å²) in [4.78, 5) is 4.13. The number of nitrogens with two attached hydrogens (primary N) is 2. The Morgan fingerprint density at radius 1 is 1.30 bits per heavy atom. The molecule has 0 saturated heterocycles. The molecule has 0 spiro atoms. The maximum Gasteiger partial charge on any atom is 0.126 e. The largest absolute Gasteiger partial charge is 0.383 e. The van der Waals surface area contributed by atoms with Gasteiger partial charge < -0.3 is 16.2 Å². The molecule has 2 rings (SSSR count). The molecule has 1 fully saturated rings. The predicted octanol–water partition coefficient (Wildman–Crippen LogP) is 2.52. The second-order valence-corrected chi connectivity index (χ2v) is 6.79. The quantitative estimate of drug-likeness (QED) is 0.887. The highest BCUT2D eigenvalue weighted by Crippen LogP contribution is 2.43. The molecule has 1 aliphatic carbocycles. The summed E-state index contributed by atoms with van der Waals surface area (Å²) in [7, 11) is 1.78. The maximum atomic E-state index is 6.48. The molecule has 4 nitrogen and oxygen atoms in total. The zero-order chi connectivity index (χ0) is 14.8. The van der Waals surface area contributed by atoms with E-state index in [1.54, 1.807) is 13.3 Å². The Morgan fingerprint density at radius 2 is 1.95 bits per heavy atom. The number of anilines is 1. The average Bonchev–Trinajstić information content (AvgIpc) is 2.42. The first-order valence-corrected chi connectivity index (χ1v) is 7.39. The van der Waals surface area contributed by atoms with Gasteiger partial charge in [-0.05, 0) is 49.1 Å². The zero-order valence-electron chi connectivity index (χ0n) is 12.9. The SMILES string of the molecule is COC1(C(N)Cc2cccnc2N)CCC(C)(C)CC1. The van der Waals surface area contributed by atoms with Crippen molar-refractivity contribution in [2.24, 2.45) is 11.1 Å². The van der Waals surface area contributed by atoms with E-state index >= 15 is 0 Å². The molecule has 1 aromatic heterocycles. The van der Waals surface area contributed by atoms with Gasteiger partial charge in [-0.3, -0.25) is 0 Å². The number of hydrogen-bond acceptors (Lipinski definition) is 4. The van der Waals surface area contributed by atoms with Gasteiger partial charge in [0.05, 0.1) is 5.60 Å². The molecule has 1 aromatic rings. The minimum atomic E-state index is -0.224. The van der Waals surface area contributed by atoms with E-state index in [4.69, 9.17) is 16.2 Å². The topological polar surface area (TPSA) is 74.2 Å². The van der Waals surface area contributed by atoms with Gasteiger partial charge in [0.25, 0.3) is 0 Å². The third kappa shape index (κ3) is 3.13. The summed E-state index contributed by atoms with van der Waals surface area (Å²) >= 11 is 0. The molecule has 1 atom stereocenters. The van der Waals surface area contributed by atoms with Crippen LogP contribution in [0.4, 0.5) is 5.82 Å². The summed E-state index contributed by atoms with van der Waals surface area (Å²) < 4.78 is 5.86. The summed E-state index contributed by atoms with van der Waals surface area (Å²) in [5.74, 6) is 0.574. The molecule has 0 radical (unpaired) electrons. The summed E-state index contributed by atoms with van der Waals surface area (Å²) in [6.45, 7) is 4.63. The molecular weight excluding hydrogens is 250 g/mol. The molecule has 1 saturated carbocycles. The molecule has 112 valence electrons. The Labute approximate surface area is 121 Å². The number of aromatic nitrogens is 1. The predicted molar refractivity (Wildman–Crippen MR) is 82.3 cm³/mol. The highest BCUT2D eigenvalue weighted by Gasteiger charge is 2.42. The van der Waals surface area contributed by atoms with E-state index in [-0.39, 0.29) is 11.6 Å². The standard InChI is InChI=1S/C16H27N3O/c1-15(2)6-8-16(20-3,9-7-15)13(17)11-12-5-4-10-19-14(12)18/h4-5,10,13H,6-9,11,17H2,1-3H3,(H2,18,19). The van der Waals surface area contributed by atoms with Gasteiger partial charge >= 0.3 is 0 Å². The van der Waals surface area contributed by atoms with Gasteiger partial charge in [-0.1, -0.05) is 19.9 Å². The van der Waals surface area contributed by atoms with Gasteiger partial charge in [-0.15, -0.1) is 0 Å². The lowest BCUT2D eigenvalue weighted by molar-refractivity contribution is -0.0781. The molecule has 0 aliphatic heterocycles. The normalized spacial score (nSPS) is 22.4. The minimum absolute atomic E-state index is 0.0462. The third-order valence-electron chi connectivity index (χ3n) is 4.90. The first-order chi connectivity index (χ1) is 9.38. The molecule has 0 aromatic carbocycles. The third-order valence-corrected chi connectivity index (χ3v) is 4.90. The van der Waals surface area contributed by atoms with Gasteiger partial charge in [-0.25, -0.2) is 4.98 Å². The molecule has 20 heavy (non-hydrogen) atoms. The molecule has 1 aliphatic rings. The Morgan fingerprint density at radius 3 is 2.50 bits per heavy atom. The molecule has 1 heterocycles.